The first-order valence-corrected chi connectivity index (χ1v) is 9.52. The number of hydrogen-bond acceptors (Lipinski definition) is 6. The van der Waals surface area contributed by atoms with E-state index in [1.54, 1.807) is 21.6 Å². The maximum absolute atomic E-state index is 6.41. The van der Waals surface area contributed by atoms with Gasteiger partial charge in [-0.1, -0.05) is 11.6 Å². The van der Waals surface area contributed by atoms with Crippen LogP contribution in [-0.2, 0) is 7.05 Å². The van der Waals surface area contributed by atoms with Crippen LogP contribution in [0.3, 0.4) is 0 Å². The summed E-state index contributed by atoms with van der Waals surface area (Å²) in [5, 5.41) is 12.5. The number of pyridine rings is 1. The number of aryl methyl sites for hydroxylation is 1. The molecule has 30 heavy (non-hydrogen) atoms. The summed E-state index contributed by atoms with van der Waals surface area (Å²) in [4.78, 5) is 11.8. The lowest BCUT2D eigenvalue weighted by atomic mass is 10.1. The number of nitrogens with one attached hydrogen (secondary N) is 1. The van der Waals surface area contributed by atoms with Crippen molar-refractivity contribution in [2.45, 2.75) is 0 Å². The van der Waals surface area contributed by atoms with Crippen molar-refractivity contribution in [3.63, 3.8) is 0 Å². The molecular weight excluding hydrogens is 447 g/mol. The zero-order valence-corrected chi connectivity index (χ0v) is 18.6. The SMILES string of the molecule is Cl.Cl.Cn1cc(-c2cn3ncc(Cl)c3c(-c3ccc(N4CCNCC4)nc3)n2)cn1. The molecule has 0 amide bonds. The summed E-state index contributed by atoms with van der Waals surface area (Å²) in [6, 6.07) is 4.09. The molecule has 5 heterocycles. The molecule has 1 N–H and O–H groups in total. The van der Waals surface area contributed by atoms with Crippen molar-refractivity contribution in [1.29, 1.82) is 0 Å². The first-order valence-electron chi connectivity index (χ1n) is 9.14. The molecule has 0 aromatic carbocycles. The minimum Gasteiger partial charge on any atom is -0.354 e. The van der Waals surface area contributed by atoms with Crippen LogP contribution in [0.2, 0.25) is 5.02 Å². The van der Waals surface area contributed by atoms with Gasteiger partial charge in [-0.15, -0.1) is 24.8 Å². The topological polar surface area (TPSA) is 76.2 Å². The molecule has 4 aromatic rings. The van der Waals surface area contributed by atoms with Crippen molar-refractivity contribution in [1.82, 2.24) is 34.7 Å². The van der Waals surface area contributed by atoms with Crippen molar-refractivity contribution in [2.75, 3.05) is 31.1 Å². The molecule has 1 aliphatic rings. The maximum Gasteiger partial charge on any atom is 0.128 e. The van der Waals surface area contributed by atoms with E-state index < -0.39 is 0 Å². The Morgan fingerprint density at radius 3 is 2.43 bits per heavy atom. The maximum atomic E-state index is 6.41. The Kier molecular flexibility index (Phi) is 6.82. The number of anilines is 1. The Bertz CT molecular complexity index is 1130. The van der Waals surface area contributed by atoms with E-state index in [1.165, 1.54) is 0 Å². The summed E-state index contributed by atoms with van der Waals surface area (Å²) >= 11 is 6.41. The Labute approximate surface area is 191 Å². The smallest absolute Gasteiger partial charge is 0.128 e. The van der Waals surface area contributed by atoms with Gasteiger partial charge in [0.2, 0.25) is 0 Å². The summed E-state index contributed by atoms with van der Waals surface area (Å²) in [6.07, 6.45) is 9.07. The molecule has 0 unspecified atom stereocenters. The highest BCUT2D eigenvalue weighted by atomic mass is 35.5. The third-order valence-corrected chi connectivity index (χ3v) is 5.19. The monoisotopic (exact) mass is 466 g/mol. The second-order valence-electron chi connectivity index (χ2n) is 6.81. The van der Waals surface area contributed by atoms with E-state index >= 15 is 0 Å². The zero-order chi connectivity index (χ0) is 19.1. The first kappa shape index (κ1) is 22.3. The molecule has 0 spiro atoms. The fourth-order valence-corrected chi connectivity index (χ4v) is 3.70. The molecule has 11 heteroatoms. The minimum atomic E-state index is 0. The van der Waals surface area contributed by atoms with Crippen LogP contribution in [0.5, 0.6) is 0 Å². The summed E-state index contributed by atoms with van der Waals surface area (Å²) in [5.74, 6) is 0.976. The largest absolute Gasteiger partial charge is 0.354 e. The van der Waals surface area contributed by atoms with Crippen molar-refractivity contribution in [2.24, 2.45) is 7.05 Å². The van der Waals surface area contributed by atoms with Crippen molar-refractivity contribution >= 4 is 47.7 Å². The number of aromatic nitrogens is 6. The summed E-state index contributed by atoms with van der Waals surface area (Å²) in [6.45, 7) is 3.87. The van der Waals surface area contributed by atoms with E-state index in [4.69, 9.17) is 16.6 Å². The van der Waals surface area contributed by atoms with Crippen molar-refractivity contribution in [3.05, 3.63) is 48.1 Å². The molecule has 4 aromatic heterocycles. The van der Waals surface area contributed by atoms with Crippen LogP contribution in [0.1, 0.15) is 0 Å². The lowest BCUT2D eigenvalue weighted by molar-refractivity contribution is 0.585. The predicted octanol–water partition coefficient (Wildman–Crippen LogP) is 3.10. The van der Waals surface area contributed by atoms with E-state index in [0.717, 1.165) is 60.0 Å². The first-order chi connectivity index (χ1) is 13.7. The fourth-order valence-electron chi connectivity index (χ4n) is 3.48. The fraction of sp³-hybridized carbons (Fsp3) is 0.263. The summed E-state index contributed by atoms with van der Waals surface area (Å²) in [5.41, 5.74) is 4.12. The van der Waals surface area contributed by atoms with Gasteiger partial charge in [0.05, 0.1) is 35.0 Å². The van der Waals surface area contributed by atoms with E-state index in [-0.39, 0.29) is 24.8 Å². The third-order valence-electron chi connectivity index (χ3n) is 4.91. The lowest BCUT2D eigenvalue weighted by Gasteiger charge is -2.28. The number of halogens is 3. The van der Waals surface area contributed by atoms with Crippen LogP contribution in [-0.4, -0.2) is 55.5 Å². The van der Waals surface area contributed by atoms with Crippen LogP contribution in [0.15, 0.2) is 43.1 Å². The van der Waals surface area contributed by atoms with Gasteiger partial charge in [0, 0.05) is 56.7 Å². The number of piperazine rings is 1. The predicted molar refractivity (Wildman–Crippen MR) is 123 cm³/mol. The van der Waals surface area contributed by atoms with Gasteiger partial charge in [0.1, 0.15) is 11.3 Å². The van der Waals surface area contributed by atoms with Crippen molar-refractivity contribution < 1.29 is 0 Å². The Morgan fingerprint density at radius 2 is 1.77 bits per heavy atom. The highest BCUT2D eigenvalue weighted by Gasteiger charge is 2.17. The number of fused-ring (bicyclic) bond motifs is 1. The van der Waals surface area contributed by atoms with E-state index in [2.05, 4.69) is 25.4 Å². The highest BCUT2D eigenvalue weighted by Crippen LogP contribution is 2.31. The van der Waals surface area contributed by atoms with Gasteiger partial charge in [-0.2, -0.15) is 10.2 Å². The van der Waals surface area contributed by atoms with Crippen LogP contribution in [0.4, 0.5) is 5.82 Å². The Morgan fingerprint density at radius 1 is 0.967 bits per heavy atom. The quantitative estimate of drug-likeness (QED) is 0.499. The van der Waals surface area contributed by atoms with Gasteiger partial charge in [-0.05, 0) is 12.1 Å². The molecule has 0 aliphatic carbocycles. The number of nitrogens with zero attached hydrogens (tertiary/aromatic N) is 7. The molecule has 0 radical (unpaired) electrons. The molecule has 158 valence electrons. The van der Waals surface area contributed by atoms with E-state index in [0.29, 0.717) is 5.02 Å². The molecule has 1 fully saturated rings. The normalized spacial score (nSPS) is 13.7. The average molecular weight is 468 g/mol. The van der Waals surface area contributed by atoms with E-state index in [1.807, 2.05) is 37.8 Å². The molecule has 1 aliphatic heterocycles. The van der Waals surface area contributed by atoms with Crippen LogP contribution < -0.4 is 10.2 Å². The van der Waals surface area contributed by atoms with Crippen molar-refractivity contribution in [3.8, 4) is 22.5 Å². The molecule has 0 bridgehead atoms. The van der Waals surface area contributed by atoms with Gasteiger partial charge >= 0.3 is 0 Å². The minimum absolute atomic E-state index is 0. The second kappa shape index (κ2) is 9.18. The summed E-state index contributed by atoms with van der Waals surface area (Å²) < 4.78 is 3.51. The molecule has 0 atom stereocenters. The Balaban J connectivity index is 0.00000128. The van der Waals surface area contributed by atoms with Gasteiger partial charge < -0.3 is 10.2 Å². The summed E-state index contributed by atoms with van der Waals surface area (Å²) in [7, 11) is 1.88. The third kappa shape index (κ3) is 4.09. The zero-order valence-electron chi connectivity index (χ0n) is 16.2. The standard InChI is InChI=1S/C19H19ClN8.2ClH/c1-26-11-14(9-23-26)16-12-28-19(15(20)10-24-28)18(25-16)13-2-3-17(22-8-13)27-6-4-21-5-7-27;;/h2-3,8-12,21H,4-7H2,1H3;2*1H. The molecule has 1 saturated heterocycles. The van der Waals surface area contributed by atoms with E-state index in [9.17, 15) is 0 Å². The number of hydrogen-bond donors (Lipinski definition) is 1. The number of rotatable bonds is 3. The molecular formula is C19H21Cl3N8. The van der Waals surface area contributed by atoms with Crippen LogP contribution in [0.25, 0.3) is 28.0 Å². The molecule has 8 nitrogen and oxygen atoms in total. The Hall–Kier alpha value is -2.39. The van der Waals surface area contributed by atoms with Crippen LogP contribution in [0, 0.1) is 0 Å². The average Bonchev–Trinajstić information content (AvgIpc) is 3.34. The van der Waals surface area contributed by atoms with Gasteiger partial charge in [-0.25, -0.2) is 14.5 Å². The highest BCUT2D eigenvalue weighted by molar-refractivity contribution is 6.34. The lowest BCUT2D eigenvalue weighted by Crippen LogP contribution is -2.43. The van der Waals surface area contributed by atoms with Gasteiger partial charge in [0.25, 0.3) is 0 Å². The van der Waals surface area contributed by atoms with Crippen LogP contribution >= 0.6 is 36.4 Å². The van der Waals surface area contributed by atoms with Gasteiger partial charge in [0.15, 0.2) is 0 Å². The van der Waals surface area contributed by atoms with Gasteiger partial charge in [-0.3, -0.25) is 4.68 Å². The molecule has 0 saturated carbocycles. The second-order valence-corrected chi connectivity index (χ2v) is 7.21. The molecule has 5 rings (SSSR count).